The SMILES string of the molecule is COc1ccc(C(=O)N(C)[C@@H]2CCCC[C@@H]2O)cc1. The average Bonchev–Trinajstić information content (AvgIpc) is 2.46. The number of hydrogen-bond donors (Lipinski definition) is 1. The molecule has 104 valence electrons. The highest BCUT2D eigenvalue weighted by Gasteiger charge is 2.29. The highest BCUT2D eigenvalue weighted by atomic mass is 16.5. The van der Waals surface area contributed by atoms with Crippen LogP contribution >= 0.6 is 0 Å². The lowest BCUT2D eigenvalue weighted by Crippen LogP contribution is -2.46. The minimum Gasteiger partial charge on any atom is -0.497 e. The van der Waals surface area contributed by atoms with Gasteiger partial charge in [-0.25, -0.2) is 0 Å². The fourth-order valence-electron chi connectivity index (χ4n) is 2.63. The first-order valence-corrected chi connectivity index (χ1v) is 6.72. The number of amides is 1. The molecule has 0 aromatic heterocycles. The van der Waals surface area contributed by atoms with Crippen LogP contribution in [0.5, 0.6) is 5.75 Å². The quantitative estimate of drug-likeness (QED) is 0.908. The number of carbonyl (C=O) groups excluding carboxylic acids is 1. The largest absolute Gasteiger partial charge is 0.497 e. The fourth-order valence-corrected chi connectivity index (χ4v) is 2.63. The van der Waals surface area contributed by atoms with Crippen LogP contribution in [-0.4, -0.2) is 42.2 Å². The van der Waals surface area contributed by atoms with Crippen LogP contribution in [0.25, 0.3) is 0 Å². The zero-order chi connectivity index (χ0) is 13.8. The van der Waals surface area contributed by atoms with Crippen LogP contribution in [0.4, 0.5) is 0 Å². The first-order chi connectivity index (χ1) is 9.13. The fraction of sp³-hybridized carbons (Fsp3) is 0.533. The first-order valence-electron chi connectivity index (χ1n) is 6.72. The van der Waals surface area contributed by atoms with Gasteiger partial charge in [0.1, 0.15) is 5.75 Å². The molecule has 0 aliphatic heterocycles. The van der Waals surface area contributed by atoms with Crippen molar-refractivity contribution in [3.8, 4) is 5.75 Å². The Morgan fingerprint density at radius 3 is 2.47 bits per heavy atom. The predicted molar refractivity (Wildman–Crippen MR) is 73.4 cm³/mol. The van der Waals surface area contributed by atoms with Gasteiger partial charge in [-0.1, -0.05) is 12.8 Å². The third-order valence-corrected chi connectivity index (χ3v) is 3.85. The van der Waals surface area contributed by atoms with Gasteiger partial charge in [-0.2, -0.15) is 0 Å². The molecule has 1 N–H and O–H groups in total. The topological polar surface area (TPSA) is 49.8 Å². The van der Waals surface area contributed by atoms with Crippen molar-refractivity contribution in [1.29, 1.82) is 0 Å². The van der Waals surface area contributed by atoms with Crippen molar-refractivity contribution < 1.29 is 14.6 Å². The Hall–Kier alpha value is -1.55. The van der Waals surface area contributed by atoms with Gasteiger partial charge in [-0.05, 0) is 37.1 Å². The molecule has 0 radical (unpaired) electrons. The summed E-state index contributed by atoms with van der Waals surface area (Å²) in [6.07, 6.45) is 3.37. The molecule has 4 heteroatoms. The van der Waals surface area contributed by atoms with E-state index in [-0.39, 0.29) is 11.9 Å². The molecule has 1 amide bonds. The van der Waals surface area contributed by atoms with Gasteiger partial charge in [0.15, 0.2) is 0 Å². The van der Waals surface area contributed by atoms with Crippen molar-refractivity contribution >= 4 is 5.91 Å². The molecule has 1 aliphatic rings. The van der Waals surface area contributed by atoms with E-state index < -0.39 is 6.10 Å². The van der Waals surface area contributed by atoms with Crippen LogP contribution in [0.3, 0.4) is 0 Å². The van der Waals surface area contributed by atoms with Gasteiger partial charge in [0.05, 0.1) is 19.3 Å². The minimum absolute atomic E-state index is 0.0476. The lowest BCUT2D eigenvalue weighted by Gasteiger charge is -2.35. The van der Waals surface area contributed by atoms with Gasteiger partial charge in [0.25, 0.3) is 5.91 Å². The van der Waals surface area contributed by atoms with Crippen LogP contribution in [0.15, 0.2) is 24.3 Å². The number of hydrogen-bond acceptors (Lipinski definition) is 3. The van der Waals surface area contributed by atoms with Crippen molar-refractivity contribution in [3.63, 3.8) is 0 Å². The maximum absolute atomic E-state index is 12.4. The second-order valence-corrected chi connectivity index (χ2v) is 5.06. The average molecular weight is 263 g/mol. The molecular formula is C15H21NO3. The summed E-state index contributed by atoms with van der Waals surface area (Å²) in [4.78, 5) is 14.0. The van der Waals surface area contributed by atoms with E-state index in [1.807, 2.05) is 0 Å². The maximum Gasteiger partial charge on any atom is 0.253 e. The summed E-state index contributed by atoms with van der Waals surface area (Å²) in [5, 5.41) is 10.0. The zero-order valence-electron chi connectivity index (χ0n) is 11.5. The third kappa shape index (κ3) is 3.07. The van der Waals surface area contributed by atoms with Gasteiger partial charge in [0.2, 0.25) is 0 Å². The van der Waals surface area contributed by atoms with Crippen molar-refractivity contribution in [1.82, 2.24) is 4.90 Å². The van der Waals surface area contributed by atoms with Crippen molar-refractivity contribution in [2.75, 3.05) is 14.2 Å². The van der Waals surface area contributed by atoms with Gasteiger partial charge >= 0.3 is 0 Å². The van der Waals surface area contributed by atoms with E-state index in [2.05, 4.69) is 0 Å². The number of ether oxygens (including phenoxy) is 1. The molecule has 0 saturated heterocycles. The van der Waals surface area contributed by atoms with Gasteiger partial charge in [-0.15, -0.1) is 0 Å². The Bertz CT molecular complexity index is 430. The molecular weight excluding hydrogens is 242 g/mol. The van der Waals surface area contributed by atoms with E-state index in [4.69, 9.17) is 4.74 Å². The van der Waals surface area contributed by atoms with Gasteiger partial charge in [0, 0.05) is 12.6 Å². The molecule has 0 heterocycles. The molecule has 4 nitrogen and oxygen atoms in total. The molecule has 1 aliphatic carbocycles. The first kappa shape index (κ1) is 13.9. The van der Waals surface area contributed by atoms with E-state index in [0.29, 0.717) is 5.56 Å². The van der Waals surface area contributed by atoms with Crippen LogP contribution in [0.2, 0.25) is 0 Å². The molecule has 2 rings (SSSR count). The second-order valence-electron chi connectivity index (χ2n) is 5.06. The number of likely N-dealkylation sites (N-methyl/N-ethyl adjacent to an activating group) is 1. The number of nitrogens with zero attached hydrogens (tertiary/aromatic N) is 1. The summed E-state index contributed by atoms with van der Waals surface area (Å²) in [5.74, 6) is 0.686. The molecule has 1 aromatic carbocycles. The number of aliphatic hydroxyl groups excluding tert-OH is 1. The minimum atomic E-state index is -0.402. The summed E-state index contributed by atoms with van der Waals surface area (Å²) in [5.41, 5.74) is 0.626. The van der Waals surface area contributed by atoms with Crippen molar-refractivity contribution in [2.45, 2.75) is 37.8 Å². The van der Waals surface area contributed by atoms with Gasteiger partial charge < -0.3 is 14.7 Å². The van der Waals surface area contributed by atoms with E-state index in [0.717, 1.165) is 31.4 Å². The molecule has 0 unspecified atom stereocenters. The Morgan fingerprint density at radius 1 is 1.26 bits per heavy atom. The summed E-state index contributed by atoms with van der Waals surface area (Å²) in [6.45, 7) is 0. The molecule has 1 saturated carbocycles. The van der Waals surface area contributed by atoms with Crippen LogP contribution in [-0.2, 0) is 0 Å². The molecule has 2 atom stereocenters. The standard InChI is InChI=1S/C15H21NO3/c1-16(13-5-3-4-6-14(13)17)15(18)11-7-9-12(19-2)10-8-11/h7-10,13-14,17H,3-6H2,1-2H3/t13-,14+/m1/s1. The highest BCUT2D eigenvalue weighted by Crippen LogP contribution is 2.24. The normalized spacial score (nSPS) is 22.9. The van der Waals surface area contributed by atoms with E-state index >= 15 is 0 Å². The Kier molecular flexibility index (Phi) is 4.43. The third-order valence-electron chi connectivity index (χ3n) is 3.85. The lowest BCUT2D eigenvalue weighted by molar-refractivity contribution is 0.0268. The molecule has 1 aromatic rings. The smallest absolute Gasteiger partial charge is 0.253 e. The highest BCUT2D eigenvalue weighted by molar-refractivity contribution is 5.94. The molecule has 0 bridgehead atoms. The molecule has 0 spiro atoms. The number of aliphatic hydroxyl groups is 1. The summed E-state index contributed by atoms with van der Waals surface area (Å²) >= 11 is 0. The van der Waals surface area contributed by atoms with Crippen molar-refractivity contribution in [2.24, 2.45) is 0 Å². The monoisotopic (exact) mass is 263 g/mol. The van der Waals surface area contributed by atoms with Crippen LogP contribution < -0.4 is 4.74 Å². The van der Waals surface area contributed by atoms with Crippen LogP contribution in [0.1, 0.15) is 36.0 Å². The Morgan fingerprint density at radius 2 is 1.89 bits per heavy atom. The Labute approximate surface area is 114 Å². The maximum atomic E-state index is 12.4. The second kappa shape index (κ2) is 6.06. The predicted octanol–water partition coefficient (Wildman–Crippen LogP) is 2.07. The molecule has 19 heavy (non-hydrogen) atoms. The number of methoxy groups -OCH3 is 1. The lowest BCUT2D eigenvalue weighted by atomic mass is 9.91. The number of benzene rings is 1. The number of rotatable bonds is 3. The van der Waals surface area contributed by atoms with E-state index in [9.17, 15) is 9.90 Å². The van der Waals surface area contributed by atoms with Crippen molar-refractivity contribution in [3.05, 3.63) is 29.8 Å². The Balaban J connectivity index is 2.08. The zero-order valence-corrected chi connectivity index (χ0v) is 11.5. The molecule has 1 fully saturated rings. The van der Waals surface area contributed by atoms with Crippen LogP contribution in [0, 0.1) is 0 Å². The number of carbonyl (C=O) groups is 1. The van der Waals surface area contributed by atoms with E-state index in [1.54, 1.807) is 43.3 Å². The summed E-state index contributed by atoms with van der Waals surface area (Å²) in [7, 11) is 3.37. The van der Waals surface area contributed by atoms with E-state index in [1.165, 1.54) is 0 Å². The summed E-state index contributed by atoms with van der Waals surface area (Å²) < 4.78 is 5.08. The summed E-state index contributed by atoms with van der Waals surface area (Å²) in [6, 6.07) is 7.00. The van der Waals surface area contributed by atoms with Gasteiger partial charge in [-0.3, -0.25) is 4.79 Å².